The van der Waals surface area contributed by atoms with E-state index in [1.807, 2.05) is 0 Å². The number of hydrogen-bond donors (Lipinski definition) is 1. The van der Waals surface area contributed by atoms with Crippen LogP contribution in [0.5, 0.6) is 11.8 Å². The molecule has 1 N–H and O–H groups in total. The summed E-state index contributed by atoms with van der Waals surface area (Å²) in [4.78, 5) is 17.6. The summed E-state index contributed by atoms with van der Waals surface area (Å²) in [5.41, 5.74) is 0.858. The smallest absolute Gasteiger partial charge is 0.425 e. The SMILES string of the molecule is Cc1ccc(Oc2nc3cc(F)c(Br)c(F)c3n2SF)cc1-c1noc(=O)[nH]1. The van der Waals surface area contributed by atoms with E-state index in [1.165, 1.54) is 6.07 Å². The molecule has 7 nitrogen and oxygen atoms in total. The average Bonchev–Trinajstić information content (AvgIpc) is 3.24. The van der Waals surface area contributed by atoms with E-state index >= 15 is 0 Å². The van der Waals surface area contributed by atoms with Gasteiger partial charge in [0, 0.05) is 11.6 Å². The number of H-pyrrole nitrogens is 1. The van der Waals surface area contributed by atoms with Crippen LogP contribution < -0.4 is 10.5 Å². The molecule has 0 saturated carbocycles. The number of benzene rings is 2. The average molecular weight is 473 g/mol. The molecule has 0 spiro atoms. The molecule has 0 aliphatic rings. The second-order valence-corrected chi connectivity index (χ2v) is 6.93. The fraction of sp³-hybridized carbons (Fsp3) is 0.0625. The van der Waals surface area contributed by atoms with E-state index in [-0.39, 0.29) is 41.0 Å². The zero-order valence-corrected chi connectivity index (χ0v) is 16.2. The van der Waals surface area contributed by atoms with Crippen LogP contribution in [-0.2, 0) is 0 Å². The maximum atomic E-state index is 14.4. The number of aromatic nitrogens is 4. The van der Waals surface area contributed by atoms with Crippen LogP contribution in [0.15, 0.2) is 38.1 Å². The van der Waals surface area contributed by atoms with Gasteiger partial charge in [0.1, 0.15) is 17.1 Å². The number of fused-ring (bicyclic) bond motifs is 1. The van der Waals surface area contributed by atoms with Gasteiger partial charge in [-0.15, -0.1) is 3.89 Å². The highest BCUT2D eigenvalue weighted by Crippen LogP contribution is 2.36. The lowest BCUT2D eigenvalue weighted by atomic mass is 10.1. The van der Waals surface area contributed by atoms with Crippen molar-refractivity contribution in [3.8, 4) is 23.1 Å². The molecule has 2 heterocycles. The molecule has 0 radical (unpaired) electrons. The third-order valence-corrected chi connectivity index (χ3v) is 5.10. The Morgan fingerprint density at radius 1 is 1.32 bits per heavy atom. The highest BCUT2D eigenvalue weighted by molar-refractivity contribution is 9.10. The van der Waals surface area contributed by atoms with Crippen LogP contribution in [0.1, 0.15) is 5.56 Å². The maximum Gasteiger partial charge on any atom is 0.439 e. The highest BCUT2D eigenvalue weighted by Gasteiger charge is 2.22. The van der Waals surface area contributed by atoms with E-state index in [0.717, 1.165) is 15.6 Å². The van der Waals surface area contributed by atoms with Crippen molar-refractivity contribution >= 4 is 39.3 Å². The first-order valence-electron chi connectivity index (χ1n) is 7.59. The minimum Gasteiger partial charge on any atom is -0.425 e. The standard InChI is InChI=1S/C16H8BrF3N4O3S/c1-6-2-3-7(4-8(6)14-22-16(25)27-23-14)26-15-21-10-5-9(18)11(17)12(19)13(10)24(15)28-20/h2-5H,1H3,(H,22,23,25). The second-order valence-electron chi connectivity index (χ2n) is 5.63. The summed E-state index contributed by atoms with van der Waals surface area (Å²) >= 11 is 2.43. The van der Waals surface area contributed by atoms with Crippen LogP contribution in [0.3, 0.4) is 0 Å². The first kappa shape index (κ1) is 18.6. The Balaban J connectivity index is 1.80. The zero-order chi connectivity index (χ0) is 20.0. The first-order valence-corrected chi connectivity index (χ1v) is 9.05. The van der Waals surface area contributed by atoms with E-state index in [1.54, 1.807) is 19.1 Å². The molecule has 0 aliphatic heterocycles. The molecular formula is C16H8BrF3N4O3S. The van der Waals surface area contributed by atoms with Gasteiger partial charge < -0.3 is 4.74 Å². The predicted molar refractivity (Wildman–Crippen MR) is 98.8 cm³/mol. The molecule has 144 valence electrons. The number of nitrogens with one attached hydrogen (secondary N) is 1. The van der Waals surface area contributed by atoms with Gasteiger partial charge in [0.15, 0.2) is 24.0 Å². The summed E-state index contributed by atoms with van der Waals surface area (Å²) < 4.78 is 52.0. The maximum absolute atomic E-state index is 14.4. The van der Waals surface area contributed by atoms with Crippen LogP contribution in [-0.4, -0.2) is 19.1 Å². The van der Waals surface area contributed by atoms with Gasteiger partial charge in [0.2, 0.25) is 0 Å². The van der Waals surface area contributed by atoms with Crippen LogP contribution >= 0.6 is 28.3 Å². The highest BCUT2D eigenvalue weighted by atomic mass is 79.9. The quantitative estimate of drug-likeness (QED) is 0.425. The minimum absolute atomic E-state index is 0.119. The zero-order valence-electron chi connectivity index (χ0n) is 13.8. The van der Waals surface area contributed by atoms with Crippen LogP contribution in [0, 0.1) is 18.6 Å². The van der Waals surface area contributed by atoms with Gasteiger partial charge >= 0.3 is 11.8 Å². The van der Waals surface area contributed by atoms with Gasteiger partial charge in [-0.05, 0) is 40.5 Å². The lowest BCUT2D eigenvalue weighted by Crippen LogP contribution is -1.97. The lowest BCUT2D eigenvalue weighted by Gasteiger charge is -2.08. The molecule has 0 amide bonds. The van der Waals surface area contributed by atoms with Crippen molar-refractivity contribution in [3.05, 3.63) is 56.5 Å². The minimum atomic E-state index is -1.01. The number of aryl methyl sites for hydroxylation is 1. The van der Waals surface area contributed by atoms with Crippen molar-refractivity contribution in [1.82, 2.24) is 19.1 Å². The molecule has 0 atom stereocenters. The van der Waals surface area contributed by atoms with Gasteiger partial charge in [0.05, 0.1) is 9.99 Å². The number of ether oxygens (including phenoxy) is 1. The Hall–Kier alpha value is -2.73. The summed E-state index contributed by atoms with van der Waals surface area (Å²) in [6, 6.07) is 5.41. The molecule has 0 unspecified atom stereocenters. The molecule has 0 fully saturated rings. The van der Waals surface area contributed by atoms with Crippen molar-refractivity contribution in [2.75, 3.05) is 0 Å². The fourth-order valence-corrected chi connectivity index (χ4v) is 3.28. The summed E-state index contributed by atoms with van der Waals surface area (Å²) in [5, 5.41) is 3.61. The molecule has 2 aromatic carbocycles. The normalized spacial score (nSPS) is 11.3. The lowest BCUT2D eigenvalue weighted by molar-refractivity contribution is 0.388. The third kappa shape index (κ3) is 3.07. The van der Waals surface area contributed by atoms with E-state index in [9.17, 15) is 17.5 Å². The van der Waals surface area contributed by atoms with Gasteiger partial charge in [-0.1, -0.05) is 11.2 Å². The van der Waals surface area contributed by atoms with E-state index in [2.05, 4.69) is 35.6 Å². The second kappa shape index (κ2) is 7.02. The van der Waals surface area contributed by atoms with Crippen molar-refractivity contribution in [3.63, 3.8) is 0 Å². The Morgan fingerprint density at radius 2 is 2.11 bits per heavy atom. The van der Waals surface area contributed by atoms with Crippen LogP contribution in [0.4, 0.5) is 12.7 Å². The molecule has 4 aromatic rings. The first-order chi connectivity index (χ1) is 13.4. The number of imidazole rings is 1. The van der Waals surface area contributed by atoms with Crippen LogP contribution in [0.25, 0.3) is 22.4 Å². The molecule has 2 aromatic heterocycles. The Labute approximate surface area is 167 Å². The van der Waals surface area contributed by atoms with Crippen molar-refractivity contribution in [2.24, 2.45) is 0 Å². The number of halogens is 4. The topological polar surface area (TPSA) is 85.9 Å². The van der Waals surface area contributed by atoms with E-state index in [4.69, 9.17) is 4.74 Å². The molecule has 0 bridgehead atoms. The number of aromatic amines is 1. The molecular weight excluding hydrogens is 465 g/mol. The summed E-state index contributed by atoms with van der Waals surface area (Å²) in [5.74, 6) is -2.22. The third-order valence-electron chi connectivity index (χ3n) is 3.89. The summed E-state index contributed by atoms with van der Waals surface area (Å²) in [6.45, 7) is 1.77. The monoisotopic (exact) mass is 472 g/mol. The van der Waals surface area contributed by atoms with Gasteiger partial charge in [-0.3, -0.25) is 9.51 Å². The van der Waals surface area contributed by atoms with Crippen molar-refractivity contribution in [2.45, 2.75) is 6.92 Å². The molecule has 4 rings (SSSR count). The van der Waals surface area contributed by atoms with Crippen molar-refractivity contribution in [1.29, 1.82) is 0 Å². The molecule has 28 heavy (non-hydrogen) atoms. The Kier molecular flexibility index (Phi) is 4.67. The largest absolute Gasteiger partial charge is 0.439 e. The van der Waals surface area contributed by atoms with Gasteiger partial charge in [0.25, 0.3) is 0 Å². The predicted octanol–water partition coefficient (Wildman–Crippen LogP) is 4.90. The van der Waals surface area contributed by atoms with E-state index < -0.39 is 21.9 Å². The molecule has 12 heteroatoms. The van der Waals surface area contributed by atoms with Crippen LogP contribution in [0.2, 0.25) is 0 Å². The Bertz CT molecular complexity index is 1270. The van der Waals surface area contributed by atoms with Crippen molar-refractivity contribution < 1.29 is 21.9 Å². The van der Waals surface area contributed by atoms with E-state index in [0.29, 0.717) is 5.56 Å². The summed E-state index contributed by atoms with van der Waals surface area (Å²) in [7, 11) is 0. The fourth-order valence-electron chi connectivity index (χ4n) is 2.59. The summed E-state index contributed by atoms with van der Waals surface area (Å²) in [6.07, 6.45) is 0. The van der Waals surface area contributed by atoms with Gasteiger partial charge in [-0.25, -0.2) is 17.5 Å². The number of rotatable bonds is 4. The Morgan fingerprint density at radius 3 is 2.79 bits per heavy atom. The number of hydrogen-bond acceptors (Lipinski definition) is 6. The van der Waals surface area contributed by atoms with Gasteiger partial charge in [-0.2, -0.15) is 4.98 Å². The number of nitrogens with zero attached hydrogens (tertiary/aromatic N) is 3. The molecule has 0 aliphatic carbocycles. The molecule has 0 saturated heterocycles.